The van der Waals surface area contributed by atoms with Crippen LogP contribution in [0.4, 0.5) is 0 Å². The Balaban J connectivity index is 2.75. The second-order valence-electron chi connectivity index (χ2n) is 3.35. The predicted octanol–water partition coefficient (Wildman–Crippen LogP) is 1.12. The van der Waals surface area contributed by atoms with Crippen molar-refractivity contribution in [2.45, 2.75) is 38.9 Å². The molecule has 0 aromatic heterocycles. The van der Waals surface area contributed by atoms with Gasteiger partial charge < -0.3 is 9.31 Å². The second kappa shape index (κ2) is 1.73. The maximum atomic E-state index is 5.21. The Morgan fingerprint density at radius 2 is 1.22 bits per heavy atom. The topological polar surface area (TPSA) is 18.5 Å². The molecule has 0 atom stereocenters. The average Bonchev–Trinajstić information content (AvgIpc) is 1.81. The van der Waals surface area contributed by atoms with E-state index in [-0.39, 0.29) is 11.2 Å². The van der Waals surface area contributed by atoms with Crippen LogP contribution >= 0.6 is 0 Å². The van der Waals surface area contributed by atoms with Crippen molar-refractivity contribution in [3.63, 3.8) is 0 Å². The van der Waals surface area contributed by atoms with Crippen LogP contribution in [-0.4, -0.2) is 18.9 Å². The van der Waals surface area contributed by atoms with Crippen LogP contribution in [0.5, 0.6) is 0 Å². The van der Waals surface area contributed by atoms with Crippen LogP contribution in [0.15, 0.2) is 0 Å². The van der Waals surface area contributed by atoms with E-state index in [1.165, 1.54) is 7.69 Å². The minimum absolute atomic E-state index is 0.187. The van der Waals surface area contributed by atoms with Crippen molar-refractivity contribution in [3.8, 4) is 0 Å². The fraction of sp³-hybridized carbons (Fsp3) is 1.00. The average molecular weight is 127 g/mol. The highest BCUT2D eigenvalue weighted by Crippen LogP contribution is 2.33. The quantitative estimate of drug-likeness (QED) is 0.454. The van der Waals surface area contributed by atoms with Crippen molar-refractivity contribution in [2.24, 2.45) is 0 Å². The van der Waals surface area contributed by atoms with Gasteiger partial charge in [0.25, 0.3) is 0 Å². The Morgan fingerprint density at radius 1 is 0.889 bits per heavy atom. The Morgan fingerprint density at radius 3 is 1.33 bits per heavy atom. The largest absolute Gasteiger partial charge is 0.488 e. The fourth-order valence-corrected chi connectivity index (χ4v) is 0.548. The van der Waals surface area contributed by atoms with Gasteiger partial charge in [-0.1, -0.05) is 0 Å². The van der Waals surface area contributed by atoms with Gasteiger partial charge in [-0.05, 0) is 27.7 Å². The number of rotatable bonds is 0. The van der Waals surface area contributed by atoms with E-state index in [0.29, 0.717) is 0 Å². The van der Waals surface area contributed by atoms with Crippen LogP contribution in [-0.2, 0) is 9.31 Å². The van der Waals surface area contributed by atoms with Crippen molar-refractivity contribution in [3.05, 3.63) is 0 Å². The standard InChI is InChI=1S/C6H12BO2/c1-5(2)6(3,4)9-7-8-5/h1-4H3. The van der Waals surface area contributed by atoms with E-state index in [1.54, 1.807) is 0 Å². The first-order chi connectivity index (χ1) is 3.96. The van der Waals surface area contributed by atoms with E-state index in [4.69, 9.17) is 9.31 Å². The summed E-state index contributed by atoms with van der Waals surface area (Å²) < 4.78 is 10.4. The maximum Gasteiger partial charge on any atom is 0.488 e. The molecular formula is C6H12BO2. The molecule has 2 nitrogen and oxygen atoms in total. The van der Waals surface area contributed by atoms with Gasteiger partial charge in [-0.2, -0.15) is 0 Å². The van der Waals surface area contributed by atoms with Gasteiger partial charge in [0.2, 0.25) is 0 Å². The third kappa shape index (κ3) is 0.991. The molecule has 0 spiro atoms. The molecule has 0 aliphatic carbocycles. The number of hydrogen-bond acceptors (Lipinski definition) is 2. The molecule has 0 saturated carbocycles. The van der Waals surface area contributed by atoms with E-state index in [0.717, 1.165) is 0 Å². The van der Waals surface area contributed by atoms with Crippen LogP contribution in [0.3, 0.4) is 0 Å². The molecule has 0 unspecified atom stereocenters. The van der Waals surface area contributed by atoms with Crippen LogP contribution < -0.4 is 0 Å². The third-order valence-corrected chi connectivity index (χ3v) is 2.14. The first kappa shape index (κ1) is 7.10. The van der Waals surface area contributed by atoms with Crippen LogP contribution in [0.25, 0.3) is 0 Å². The lowest BCUT2D eigenvalue weighted by Crippen LogP contribution is -2.41. The van der Waals surface area contributed by atoms with E-state index >= 15 is 0 Å². The molecule has 0 N–H and O–H groups in total. The smallest absolute Gasteiger partial charge is 0.405 e. The molecule has 1 aliphatic rings. The fourth-order valence-electron chi connectivity index (χ4n) is 0.548. The van der Waals surface area contributed by atoms with Gasteiger partial charge in [0, 0.05) is 0 Å². The summed E-state index contributed by atoms with van der Waals surface area (Å²) in [5, 5.41) is 0. The highest BCUT2D eigenvalue weighted by Gasteiger charge is 2.44. The zero-order valence-electron chi connectivity index (χ0n) is 6.39. The zero-order chi connectivity index (χ0) is 7.12. The maximum absolute atomic E-state index is 5.21. The molecule has 1 rings (SSSR count). The molecule has 0 aromatic carbocycles. The Labute approximate surface area is 56.8 Å². The van der Waals surface area contributed by atoms with Crippen molar-refractivity contribution in [2.75, 3.05) is 0 Å². The van der Waals surface area contributed by atoms with Gasteiger partial charge in [0.1, 0.15) is 0 Å². The van der Waals surface area contributed by atoms with E-state index in [9.17, 15) is 0 Å². The van der Waals surface area contributed by atoms with Crippen LogP contribution in [0, 0.1) is 0 Å². The van der Waals surface area contributed by atoms with Crippen molar-refractivity contribution < 1.29 is 9.31 Å². The summed E-state index contributed by atoms with van der Waals surface area (Å²) in [6.45, 7) is 8.04. The summed E-state index contributed by atoms with van der Waals surface area (Å²) in [6.07, 6.45) is 0. The first-order valence-electron chi connectivity index (χ1n) is 3.13. The van der Waals surface area contributed by atoms with Crippen molar-refractivity contribution in [1.82, 2.24) is 0 Å². The van der Waals surface area contributed by atoms with Gasteiger partial charge in [-0.3, -0.25) is 0 Å². The molecular weight excluding hydrogens is 115 g/mol. The highest BCUT2D eigenvalue weighted by molar-refractivity contribution is 6.19. The predicted molar refractivity (Wildman–Crippen MR) is 36.1 cm³/mol. The summed E-state index contributed by atoms with van der Waals surface area (Å²) >= 11 is 0. The SMILES string of the molecule is CC1(C)O[B]OC1(C)C. The number of hydrogen-bond donors (Lipinski definition) is 0. The van der Waals surface area contributed by atoms with Gasteiger partial charge >= 0.3 is 7.69 Å². The molecule has 1 radical (unpaired) electrons. The third-order valence-electron chi connectivity index (χ3n) is 2.14. The van der Waals surface area contributed by atoms with Crippen LogP contribution in [0.2, 0.25) is 0 Å². The minimum Gasteiger partial charge on any atom is -0.405 e. The Kier molecular flexibility index (Phi) is 1.37. The van der Waals surface area contributed by atoms with Gasteiger partial charge in [-0.15, -0.1) is 0 Å². The highest BCUT2D eigenvalue weighted by atomic mass is 16.7. The molecule has 51 valence electrons. The summed E-state index contributed by atoms with van der Waals surface area (Å²) in [6, 6.07) is 0. The summed E-state index contributed by atoms with van der Waals surface area (Å²) in [5.41, 5.74) is -0.375. The first-order valence-corrected chi connectivity index (χ1v) is 3.13. The lowest BCUT2D eigenvalue weighted by atomic mass is 9.90. The molecule has 0 bridgehead atoms. The Bertz CT molecular complexity index is 106. The van der Waals surface area contributed by atoms with Gasteiger partial charge in [-0.25, -0.2) is 0 Å². The lowest BCUT2D eigenvalue weighted by molar-refractivity contribution is 0.00578. The van der Waals surface area contributed by atoms with Crippen LogP contribution in [0.1, 0.15) is 27.7 Å². The van der Waals surface area contributed by atoms with E-state index in [2.05, 4.69) is 0 Å². The summed E-state index contributed by atoms with van der Waals surface area (Å²) in [4.78, 5) is 0. The molecule has 0 amide bonds. The normalized spacial score (nSPS) is 29.8. The molecule has 1 saturated heterocycles. The second-order valence-corrected chi connectivity index (χ2v) is 3.35. The minimum atomic E-state index is -0.188. The van der Waals surface area contributed by atoms with Crippen molar-refractivity contribution >= 4 is 7.69 Å². The monoisotopic (exact) mass is 127 g/mol. The summed E-state index contributed by atoms with van der Waals surface area (Å²) in [7, 11) is 1.42. The van der Waals surface area contributed by atoms with Crippen molar-refractivity contribution in [1.29, 1.82) is 0 Å². The molecule has 1 fully saturated rings. The van der Waals surface area contributed by atoms with E-state index < -0.39 is 0 Å². The molecule has 0 aromatic rings. The van der Waals surface area contributed by atoms with E-state index in [1.807, 2.05) is 27.7 Å². The molecule has 9 heavy (non-hydrogen) atoms. The molecule has 1 heterocycles. The van der Waals surface area contributed by atoms with Gasteiger partial charge in [0.05, 0.1) is 11.2 Å². The summed E-state index contributed by atoms with van der Waals surface area (Å²) in [5.74, 6) is 0. The Hall–Kier alpha value is -0.0151. The molecule has 1 aliphatic heterocycles. The molecule has 3 heteroatoms. The zero-order valence-corrected chi connectivity index (χ0v) is 6.39. The van der Waals surface area contributed by atoms with Gasteiger partial charge in [0.15, 0.2) is 0 Å². The lowest BCUT2D eigenvalue weighted by Gasteiger charge is -2.32.